The van der Waals surface area contributed by atoms with Crippen molar-refractivity contribution < 1.29 is 9.18 Å². The molecule has 1 aliphatic rings. The maximum absolute atomic E-state index is 13.7. The van der Waals surface area contributed by atoms with Crippen LogP contribution in [0.2, 0.25) is 5.02 Å². The number of benzene rings is 2. The quantitative estimate of drug-likeness (QED) is 0.445. The highest BCUT2D eigenvalue weighted by Crippen LogP contribution is 2.32. The van der Waals surface area contributed by atoms with Crippen LogP contribution in [-0.4, -0.2) is 38.8 Å². The Morgan fingerprint density at radius 3 is 2.58 bits per heavy atom. The number of rotatable bonds is 4. The number of pyridine rings is 1. The molecule has 0 aliphatic carbocycles. The first-order valence-electron chi connectivity index (χ1n) is 11.0. The summed E-state index contributed by atoms with van der Waals surface area (Å²) in [6, 6.07) is 13.5. The molecule has 8 heteroatoms. The van der Waals surface area contributed by atoms with Crippen LogP contribution < -0.4 is 5.43 Å². The van der Waals surface area contributed by atoms with Gasteiger partial charge in [0.1, 0.15) is 5.82 Å². The van der Waals surface area contributed by atoms with Gasteiger partial charge in [-0.1, -0.05) is 18.0 Å². The van der Waals surface area contributed by atoms with E-state index in [1.165, 1.54) is 18.6 Å². The molecule has 2 aromatic carbocycles. The zero-order valence-electron chi connectivity index (χ0n) is 18.2. The van der Waals surface area contributed by atoms with E-state index in [0.29, 0.717) is 10.7 Å². The van der Waals surface area contributed by atoms with Crippen LogP contribution in [0.4, 0.5) is 4.39 Å². The van der Waals surface area contributed by atoms with Gasteiger partial charge in [-0.2, -0.15) is 5.10 Å². The maximum atomic E-state index is 13.7. The summed E-state index contributed by atoms with van der Waals surface area (Å²) in [5.74, 6) is -0.576. The minimum atomic E-state index is -0.325. The molecule has 0 bridgehead atoms. The second kappa shape index (κ2) is 8.92. The van der Waals surface area contributed by atoms with Crippen LogP contribution in [0.5, 0.6) is 0 Å². The van der Waals surface area contributed by atoms with Crippen LogP contribution in [0.15, 0.2) is 54.7 Å². The Bertz CT molecular complexity index is 1330. The van der Waals surface area contributed by atoms with Gasteiger partial charge >= 0.3 is 0 Å². The van der Waals surface area contributed by atoms with E-state index in [1.807, 2.05) is 24.1 Å². The first-order chi connectivity index (χ1) is 16.0. The second-order valence-electron chi connectivity index (χ2n) is 8.22. The monoisotopic (exact) mass is 463 g/mol. The van der Waals surface area contributed by atoms with Gasteiger partial charge in [-0.3, -0.25) is 15.2 Å². The number of hydrazine groups is 1. The van der Waals surface area contributed by atoms with Crippen molar-refractivity contribution >= 4 is 28.4 Å². The fraction of sp³-hybridized carbons (Fsp3) is 0.240. The van der Waals surface area contributed by atoms with Gasteiger partial charge in [-0.05, 0) is 68.3 Å². The van der Waals surface area contributed by atoms with Gasteiger partial charge in [0, 0.05) is 40.8 Å². The smallest absolute Gasteiger partial charge is 0.283 e. The number of amides is 1. The number of halogens is 2. The van der Waals surface area contributed by atoms with Gasteiger partial charge in [-0.25, -0.2) is 14.1 Å². The number of fused-ring (bicyclic) bond motifs is 1. The number of aromatic nitrogens is 3. The Hall–Kier alpha value is -3.29. The average molecular weight is 464 g/mol. The van der Waals surface area contributed by atoms with E-state index in [9.17, 15) is 9.18 Å². The highest BCUT2D eigenvalue weighted by molar-refractivity contribution is 6.31. The number of nitrogens with zero attached hydrogens (tertiary/aromatic N) is 4. The van der Waals surface area contributed by atoms with Crippen LogP contribution in [-0.2, 0) is 0 Å². The standard InChI is InChI=1S/C25H23ClFN5O/c1-16-23(25(33)30-31-13-3-2-4-14-31)29-32(24(16)17-5-8-19(27)9-6-17)22-11-12-28-21-15-18(26)7-10-20(21)22/h5-12,15H,2-4,13-14H2,1H3,(H,30,33). The van der Waals surface area contributed by atoms with E-state index in [4.69, 9.17) is 16.7 Å². The van der Waals surface area contributed by atoms with Crippen molar-refractivity contribution in [2.75, 3.05) is 13.1 Å². The lowest BCUT2D eigenvalue weighted by atomic mass is 10.1. The normalized spacial score (nSPS) is 14.5. The van der Waals surface area contributed by atoms with Gasteiger partial charge in [-0.15, -0.1) is 0 Å². The van der Waals surface area contributed by atoms with Gasteiger partial charge in [0.15, 0.2) is 5.69 Å². The van der Waals surface area contributed by atoms with Crippen molar-refractivity contribution in [3.63, 3.8) is 0 Å². The molecule has 2 aromatic heterocycles. The van der Waals surface area contributed by atoms with Crippen LogP contribution in [0.3, 0.4) is 0 Å². The van der Waals surface area contributed by atoms with Crippen molar-refractivity contribution in [3.05, 3.63) is 76.8 Å². The summed E-state index contributed by atoms with van der Waals surface area (Å²) >= 11 is 6.17. The summed E-state index contributed by atoms with van der Waals surface area (Å²) in [5, 5.41) is 8.12. The predicted molar refractivity (Wildman–Crippen MR) is 127 cm³/mol. The van der Waals surface area contributed by atoms with Crippen LogP contribution in [0.25, 0.3) is 27.8 Å². The highest BCUT2D eigenvalue weighted by atomic mass is 35.5. The molecule has 1 aliphatic heterocycles. The van der Waals surface area contributed by atoms with E-state index < -0.39 is 0 Å². The van der Waals surface area contributed by atoms with E-state index in [2.05, 4.69) is 10.4 Å². The van der Waals surface area contributed by atoms with Crippen molar-refractivity contribution in [2.24, 2.45) is 0 Å². The zero-order valence-corrected chi connectivity index (χ0v) is 18.9. The molecule has 5 rings (SSSR count). The fourth-order valence-electron chi connectivity index (χ4n) is 4.33. The van der Waals surface area contributed by atoms with E-state index in [-0.39, 0.29) is 11.7 Å². The molecule has 0 radical (unpaired) electrons. The van der Waals surface area contributed by atoms with Crippen molar-refractivity contribution in [3.8, 4) is 16.9 Å². The third-order valence-electron chi connectivity index (χ3n) is 5.98. The summed E-state index contributed by atoms with van der Waals surface area (Å²) in [6.45, 7) is 3.52. The summed E-state index contributed by atoms with van der Waals surface area (Å²) in [4.78, 5) is 17.6. The molecule has 1 fully saturated rings. The van der Waals surface area contributed by atoms with Crippen molar-refractivity contribution in [1.29, 1.82) is 0 Å². The van der Waals surface area contributed by atoms with Gasteiger partial charge in [0.2, 0.25) is 0 Å². The number of hydrogen-bond donors (Lipinski definition) is 1. The molecule has 3 heterocycles. The zero-order chi connectivity index (χ0) is 22.9. The average Bonchev–Trinajstić information content (AvgIpc) is 3.16. The minimum Gasteiger partial charge on any atom is -0.283 e. The Labute approximate surface area is 196 Å². The number of carbonyl (C=O) groups is 1. The summed E-state index contributed by atoms with van der Waals surface area (Å²) in [5.41, 5.74) is 7.02. The fourth-order valence-corrected chi connectivity index (χ4v) is 4.49. The topological polar surface area (TPSA) is 63.1 Å². The van der Waals surface area contributed by atoms with E-state index >= 15 is 0 Å². The lowest BCUT2D eigenvalue weighted by molar-refractivity contribution is 0.0743. The molecule has 6 nitrogen and oxygen atoms in total. The molecule has 4 aromatic rings. The molecular formula is C25H23ClFN5O. The van der Waals surface area contributed by atoms with Crippen molar-refractivity contribution in [1.82, 2.24) is 25.2 Å². The second-order valence-corrected chi connectivity index (χ2v) is 8.66. The van der Waals surface area contributed by atoms with Gasteiger partial charge in [0.25, 0.3) is 5.91 Å². The van der Waals surface area contributed by atoms with Crippen LogP contribution in [0.1, 0.15) is 35.3 Å². The number of carbonyl (C=O) groups excluding carboxylic acids is 1. The largest absolute Gasteiger partial charge is 0.286 e. The first kappa shape index (κ1) is 21.6. The molecule has 168 valence electrons. The number of piperidine rings is 1. The molecule has 0 spiro atoms. The van der Waals surface area contributed by atoms with Crippen LogP contribution >= 0.6 is 11.6 Å². The van der Waals surface area contributed by atoms with Crippen molar-refractivity contribution in [2.45, 2.75) is 26.2 Å². The molecule has 1 N–H and O–H groups in total. The van der Waals surface area contributed by atoms with Gasteiger partial charge in [0.05, 0.1) is 16.9 Å². The lowest BCUT2D eigenvalue weighted by Gasteiger charge is -2.26. The number of hydrogen-bond acceptors (Lipinski definition) is 4. The summed E-state index contributed by atoms with van der Waals surface area (Å²) in [6.07, 6.45) is 4.97. The molecule has 33 heavy (non-hydrogen) atoms. The molecule has 0 unspecified atom stereocenters. The molecule has 1 amide bonds. The van der Waals surface area contributed by atoms with Gasteiger partial charge < -0.3 is 0 Å². The minimum absolute atomic E-state index is 0.252. The molecule has 0 atom stereocenters. The maximum Gasteiger partial charge on any atom is 0.286 e. The Morgan fingerprint density at radius 1 is 1.06 bits per heavy atom. The van der Waals surface area contributed by atoms with E-state index in [1.54, 1.807) is 35.1 Å². The highest BCUT2D eigenvalue weighted by Gasteiger charge is 2.24. The molecule has 0 saturated carbocycles. The van der Waals surface area contributed by atoms with E-state index in [0.717, 1.165) is 59.3 Å². The number of nitrogens with one attached hydrogen (secondary N) is 1. The molecule has 1 saturated heterocycles. The third kappa shape index (κ3) is 4.21. The summed E-state index contributed by atoms with van der Waals surface area (Å²) < 4.78 is 15.4. The molecular weight excluding hydrogens is 441 g/mol. The Kier molecular flexibility index (Phi) is 5.83. The lowest BCUT2D eigenvalue weighted by Crippen LogP contribution is -2.45. The SMILES string of the molecule is Cc1c(C(=O)NN2CCCCC2)nn(-c2ccnc3cc(Cl)ccc23)c1-c1ccc(F)cc1. The summed E-state index contributed by atoms with van der Waals surface area (Å²) in [7, 11) is 0. The third-order valence-corrected chi connectivity index (χ3v) is 6.22. The van der Waals surface area contributed by atoms with Crippen LogP contribution in [0, 0.1) is 12.7 Å². The Morgan fingerprint density at radius 2 is 1.82 bits per heavy atom. The Balaban J connectivity index is 1.66. The first-order valence-corrected chi connectivity index (χ1v) is 11.4. The predicted octanol–water partition coefficient (Wildman–Crippen LogP) is 5.32.